The van der Waals surface area contributed by atoms with Crippen molar-refractivity contribution in [3.63, 3.8) is 0 Å². The monoisotopic (exact) mass is 331 g/mol. The van der Waals surface area contributed by atoms with Gasteiger partial charge in [-0.25, -0.2) is 0 Å². The van der Waals surface area contributed by atoms with Crippen molar-refractivity contribution in [2.45, 2.75) is 32.2 Å². The summed E-state index contributed by atoms with van der Waals surface area (Å²) in [4.78, 5) is 28.4. The number of carbonyl (C=O) groups is 2. The van der Waals surface area contributed by atoms with Crippen molar-refractivity contribution in [3.8, 4) is 5.75 Å². The van der Waals surface area contributed by atoms with Crippen LogP contribution in [0.15, 0.2) is 24.3 Å². The van der Waals surface area contributed by atoms with Crippen molar-refractivity contribution in [2.24, 2.45) is 0 Å². The van der Waals surface area contributed by atoms with Crippen LogP contribution >= 0.6 is 0 Å². The van der Waals surface area contributed by atoms with Crippen LogP contribution in [-0.2, 0) is 9.59 Å². The number of nitrogens with one attached hydrogen (secondary N) is 1. The number of carbonyl (C=O) groups excluding carboxylic acids is 2. The number of para-hydroxylation sites is 2. The molecule has 1 saturated heterocycles. The molecular formula is C18H25N3O3. The van der Waals surface area contributed by atoms with Crippen LogP contribution in [0.2, 0.25) is 0 Å². The van der Waals surface area contributed by atoms with Gasteiger partial charge in [-0.05, 0) is 31.5 Å². The van der Waals surface area contributed by atoms with E-state index in [1.54, 1.807) is 4.90 Å². The number of hydrogen-bond acceptors (Lipinski definition) is 4. The second kappa shape index (κ2) is 7.66. The minimum Gasteiger partial charge on any atom is -0.482 e. The predicted octanol–water partition coefficient (Wildman–Crippen LogP) is 1.40. The maximum Gasteiger partial charge on any atom is 0.265 e. The molecule has 3 rings (SSSR count). The van der Waals surface area contributed by atoms with Crippen LogP contribution in [0, 0.1) is 0 Å². The van der Waals surface area contributed by atoms with Crippen molar-refractivity contribution in [1.82, 2.24) is 10.2 Å². The zero-order valence-corrected chi connectivity index (χ0v) is 14.2. The number of hydrogen-bond donors (Lipinski definition) is 1. The number of benzene rings is 1. The summed E-state index contributed by atoms with van der Waals surface area (Å²) in [5.74, 6) is 0.615. The van der Waals surface area contributed by atoms with Gasteiger partial charge in [0.1, 0.15) is 5.75 Å². The predicted molar refractivity (Wildman–Crippen MR) is 92.2 cm³/mol. The summed E-state index contributed by atoms with van der Waals surface area (Å²) >= 11 is 0. The molecule has 1 aromatic rings. The molecule has 130 valence electrons. The quantitative estimate of drug-likeness (QED) is 0.886. The molecule has 2 heterocycles. The first kappa shape index (κ1) is 16.8. The average Bonchev–Trinajstić information content (AvgIpc) is 2.61. The molecular weight excluding hydrogens is 306 g/mol. The third-order valence-corrected chi connectivity index (χ3v) is 4.77. The molecule has 2 aliphatic rings. The van der Waals surface area contributed by atoms with Gasteiger partial charge in [0.25, 0.3) is 5.91 Å². The fourth-order valence-corrected chi connectivity index (χ4v) is 3.31. The van der Waals surface area contributed by atoms with Gasteiger partial charge >= 0.3 is 0 Å². The van der Waals surface area contributed by atoms with Crippen LogP contribution < -0.4 is 15.0 Å². The van der Waals surface area contributed by atoms with Crippen molar-refractivity contribution in [1.29, 1.82) is 0 Å². The lowest BCUT2D eigenvalue weighted by atomic mass is 10.0. The van der Waals surface area contributed by atoms with Gasteiger partial charge in [-0.2, -0.15) is 0 Å². The summed E-state index contributed by atoms with van der Waals surface area (Å²) in [5.41, 5.74) is 0.748. The molecule has 1 fully saturated rings. The minimum atomic E-state index is -0.0993. The summed E-state index contributed by atoms with van der Waals surface area (Å²) in [6.45, 7) is 5.73. The summed E-state index contributed by atoms with van der Waals surface area (Å²) in [6, 6.07) is 7.70. The topological polar surface area (TPSA) is 61.9 Å². The zero-order chi connectivity index (χ0) is 16.9. The van der Waals surface area contributed by atoms with E-state index in [2.05, 4.69) is 17.1 Å². The van der Waals surface area contributed by atoms with Gasteiger partial charge in [-0.15, -0.1) is 0 Å². The maximum absolute atomic E-state index is 12.2. The Morgan fingerprint density at radius 3 is 2.79 bits per heavy atom. The second-order valence-corrected chi connectivity index (χ2v) is 6.33. The number of likely N-dealkylation sites (tertiary alicyclic amines) is 1. The van der Waals surface area contributed by atoms with E-state index in [9.17, 15) is 9.59 Å². The fourth-order valence-electron chi connectivity index (χ4n) is 3.31. The summed E-state index contributed by atoms with van der Waals surface area (Å²) in [6.07, 6.45) is 2.31. The summed E-state index contributed by atoms with van der Waals surface area (Å²) in [7, 11) is 0. The van der Waals surface area contributed by atoms with E-state index in [4.69, 9.17) is 4.74 Å². The molecule has 6 heteroatoms. The Hall–Kier alpha value is -2.08. The standard InChI is InChI=1S/C18H25N3O3/c1-2-20-10-7-14(8-11-20)19-17(22)9-12-21-15-5-3-4-6-16(15)24-13-18(21)23/h3-6,14H,2,7-13H2,1H3,(H,19,22). The van der Waals surface area contributed by atoms with Gasteiger partial charge in [0, 0.05) is 32.1 Å². The number of amides is 2. The third-order valence-electron chi connectivity index (χ3n) is 4.77. The van der Waals surface area contributed by atoms with E-state index in [1.807, 2.05) is 24.3 Å². The molecule has 0 radical (unpaired) electrons. The molecule has 0 atom stereocenters. The lowest BCUT2D eigenvalue weighted by Gasteiger charge is -2.32. The fraction of sp³-hybridized carbons (Fsp3) is 0.556. The Labute approximate surface area is 142 Å². The first-order valence-electron chi connectivity index (χ1n) is 8.71. The van der Waals surface area contributed by atoms with E-state index in [-0.39, 0.29) is 24.5 Å². The smallest absolute Gasteiger partial charge is 0.265 e. The van der Waals surface area contributed by atoms with Crippen LogP contribution in [0.1, 0.15) is 26.2 Å². The first-order valence-corrected chi connectivity index (χ1v) is 8.71. The van der Waals surface area contributed by atoms with E-state index < -0.39 is 0 Å². The third kappa shape index (κ3) is 3.87. The Kier molecular flexibility index (Phi) is 5.35. The summed E-state index contributed by atoms with van der Waals surface area (Å²) < 4.78 is 5.42. The molecule has 1 N–H and O–H groups in total. The lowest BCUT2D eigenvalue weighted by Crippen LogP contribution is -2.46. The van der Waals surface area contributed by atoms with E-state index in [0.717, 1.165) is 38.2 Å². The van der Waals surface area contributed by atoms with Crippen molar-refractivity contribution < 1.29 is 14.3 Å². The molecule has 2 aliphatic heterocycles. The average molecular weight is 331 g/mol. The molecule has 0 aromatic heterocycles. The van der Waals surface area contributed by atoms with Gasteiger partial charge in [0.15, 0.2) is 6.61 Å². The molecule has 0 spiro atoms. The van der Waals surface area contributed by atoms with E-state index in [1.165, 1.54) is 0 Å². The largest absolute Gasteiger partial charge is 0.482 e. The van der Waals surface area contributed by atoms with Gasteiger partial charge in [0.2, 0.25) is 5.91 Å². The van der Waals surface area contributed by atoms with Crippen molar-refractivity contribution in [2.75, 3.05) is 37.7 Å². The van der Waals surface area contributed by atoms with Crippen molar-refractivity contribution >= 4 is 17.5 Å². The van der Waals surface area contributed by atoms with Gasteiger partial charge < -0.3 is 19.9 Å². The SMILES string of the molecule is CCN1CCC(NC(=O)CCN2C(=O)COc3ccccc32)CC1. The number of nitrogens with zero attached hydrogens (tertiary/aromatic N) is 2. The minimum absolute atomic E-state index is 0.0155. The molecule has 0 saturated carbocycles. The van der Waals surface area contributed by atoms with Gasteiger partial charge in [-0.3, -0.25) is 9.59 Å². The van der Waals surface area contributed by atoms with Crippen LogP contribution in [0.3, 0.4) is 0 Å². The Bertz CT molecular complexity index is 597. The van der Waals surface area contributed by atoms with Crippen molar-refractivity contribution in [3.05, 3.63) is 24.3 Å². The Morgan fingerprint density at radius 1 is 1.29 bits per heavy atom. The molecule has 2 amide bonds. The molecule has 0 aliphatic carbocycles. The highest BCUT2D eigenvalue weighted by molar-refractivity contribution is 5.98. The highest BCUT2D eigenvalue weighted by Crippen LogP contribution is 2.31. The maximum atomic E-state index is 12.2. The second-order valence-electron chi connectivity index (χ2n) is 6.33. The van der Waals surface area contributed by atoms with Crippen LogP contribution in [0.4, 0.5) is 5.69 Å². The summed E-state index contributed by atoms with van der Waals surface area (Å²) in [5, 5.41) is 3.11. The van der Waals surface area contributed by atoms with Crippen LogP contribution in [0.5, 0.6) is 5.75 Å². The van der Waals surface area contributed by atoms with Gasteiger partial charge in [0.05, 0.1) is 5.69 Å². The number of fused-ring (bicyclic) bond motifs is 1. The zero-order valence-electron chi connectivity index (χ0n) is 14.2. The molecule has 6 nitrogen and oxygen atoms in total. The Balaban J connectivity index is 1.50. The molecule has 24 heavy (non-hydrogen) atoms. The van der Waals surface area contributed by atoms with E-state index in [0.29, 0.717) is 18.7 Å². The Morgan fingerprint density at radius 2 is 2.04 bits per heavy atom. The van der Waals surface area contributed by atoms with Gasteiger partial charge in [-0.1, -0.05) is 19.1 Å². The molecule has 0 bridgehead atoms. The first-order chi connectivity index (χ1) is 11.7. The number of ether oxygens (including phenoxy) is 1. The normalized spacial score (nSPS) is 18.9. The highest BCUT2D eigenvalue weighted by Gasteiger charge is 2.26. The van der Waals surface area contributed by atoms with Crippen LogP contribution in [0.25, 0.3) is 0 Å². The molecule has 1 aromatic carbocycles. The number of anilines is 1. The molecule has 0 unspecified atom stereocenters. The lowest BCUT2D eigenvalue weighted by molar-refractivity contribution is -0.122. The highest BCUT2D eigenvalue weighted by atomic mass is 16.5. The van der Waals surface area contributed by atoms with E-state index >= 15 is 0 Å². The number of piperidine rings is 1. The van der Waals surface area contributed by atoms with Crippen LogP contribution in [-0.4, -0.2) is 55.5 Å². The number of rotatable bonds is 5.